The van der Waals surface area contributed by atoms with Crippen LogP contribution in [-0.4, -0.2) is 26.0 Å². The molecular weight excluding hydrogens is 300 g/mol. The molecular formula is C14H19F2NO3S. The van der Waals surface area contributed by atoms with E-state index in [2.05, 4.69) is 4.72 Å². The van der Waals surface area contributed by atoms with Crippen LogP contribution in [0, 0.1) is 6.92 Å². The molecule has 0 aliphatic carbocycles. The van der Waals surface area contributed by atoms with Gasteiger partial charge in [-0.05, 0) is 33.3 Å². The van der Waals surface area contributed by atoms with Crippen LogP contribution in [0.15, 0.2) is 24.3 Å². The van der Waals surface area contributed by atoms with E-state index in [1.807, 2.05) is 0 Å². The predicted octanol–water partition coefficient (Wildman–Crippen LogP) is 2.81. The first-order valence-corrected chi connectivity index (χ1v) is 7.47. The third-order valence-corrected chi connectivity index (χ3v) is 4.40. The molecule has 7 heteroatoms. The van der Waals surface area contributed by atoms with E-state index >= 15 is 0 Å². The molecule has 1 rings (SSSR count). The molecule has 0 fully saturated rings. The molecule has 118 valence electrons. The van der Waals surface area contributed by atoms with Gasteiger partial charge in [-0.1, -0.05) is 29.8 Å². The molecule has 1 aromatic rings. The van der Waals surface area contributed by atoms with Gasteiger partial charge in [0.15, 0.2) is 0 Å². The van der Waals surface area contributed by atoms with Crippen LogP contribution >= 0.6 is 0 Å². The minimum Gasteiger partial charge on any atom is -0.477 e. The second-order valence-electron chi connectivity index (χ2n) is 5.77. The summed E-state index contributed by atoms with van der Waals surface area (Å²) in [6.45, 7) is 6.62. The minimum absolute atomic E-state index is 0.0746. The maximum Gasteiger partial charge on any atom is 0.376 e. The van der Waals surface area contributed by atoms with Crippen LogP contribution in [0.2, 0.25) is 0 Å². The van der Waals surface area contributed by atoms with Crippen LogP contribution in [0.4, 0.5) is 8.78 Å². The number of benzene rings is 1. The number of nitrogens with one attached hydrogen (secondary N) is 1. The summed E-state index contributed by atoms with van der Waals surface area (Å²) in [4.78, 5) is 10.8. The highest BCUT2D eigenvalue weighted by molar-refractivity contribution is 7.84. The number of alkyl halides is 2. The Hall–Kier alpha value is -1.34. The molecule has 0 aliphatic rings. The summed E-state index contributed by atoms with van der Waals surface area (Å²) in [5.41, 5.74) is 0.929. The summed E-state index contributed by atoms with van der Waals surface area (Å²) in [7, 11) is -1.83. The van der Waals surface area contributed by atoms with Crippen molar-refractivity contribution in [3.63, 3.8) is 0 Å². The molecule has 1 aromatic carbocycles. The van der Waals surface area contributed by atoms with Gasteiger partial charge in [0.2, 0.25) is 0 Å². The molecule has 2 atom stereocenters. The van der Waals surface area contributed by atoms with Gasteiger partial charge in [0, 0.05) is 0 Å². The molecule has 0 spiro atoms. The SMILES string of the molecule is Cc1ccc([C@H](NS(=O)C(C)(C)C)C(F)(F)C(=O)O)cc1. The van der Waals surface area contributed by atoms with E-state index in [1.54, 1.807) is 39.8 Å². The first-order valence-electron chi connectivity index (χ1n) is 6.32. The van der Waals surface area contributed by atoms with Crippen LogP contribution in [0.3, 0.4) is 0 Å². The van der Waals surface area contributed by atoms with Crippen LogP contribution in [0.5, 0.6) is 0 Å². The second-order valence-corrected chi connectivity index (χ2v) is 7.77. The topological polar surface area (TPSA) is 66.4 Å². The van der Waals surface area contributed by atoms with Crippen molar-refractivity contribution < 1.29 is 22.9 Å². The average molecular weight is 319 g/mol. The number of carbonyl (C=O) groups is 1. The Morgan fingerprint density at radius 3 is 2.10 bits per heavy atom. The van der Waals surface area contributed by atoms with Crippen LogP contribution in [-0.2, 0) is 15.8 Å². The van der Waals surface area contributed by atoms with E-state index in [-0.39, 0.29) is 5.56 Å². The summed E-state index contributed by atoms with van der Waals surface area (Å²) < 4.78 is 41.4. The van der Waals surface area contributed by atoms with E-state index < -0.39 is 33.7 Å². The number of rotatable bonds is 5. The molecule has 0 bridgehead atoms. The molecule has 2 N–H and O–H groups in total. The van der Waals surface area contributed by atoms with Gasteiger partial charge >= 0.3 is 11.9 Å². The van der Waals surface area contributed by atoms with Crippen molar-refractivity contribution >= 4 is 17.0 Å². The lowest BCUT2D eigenvalue weighted by Gasteiger charge is -2.28. The number of hydrogen-bond donors (Lipinski definition) is 2. The van der Waals surface area contributed by atoms with Gasteiger partial charge in [0.1, 0.15) is 6.04 Å². The highest BCUT2D eigenvalue weighted by Gasteiger charge is 2.49. The number of aryl methyl sites for hydroxylation is 1. The highest BCUT2D eigenvalue weighted by atomic mass is 32.2. The molecule has 0 aliphatic heterocycles. The van der Waals surface area contributed by atoms with Crippen molar-refractivity contribution in [1.82, 2.24) is 4.72 Å². The zero-order valence-corrected chi connectivity index (χ0v) is 13.1. The molecule has 0 saturated heterocycles. The molecule has 0 heterocycles. The van der Waals surface area contributed by atoms with Crippen molar-refractivity contribution in [2.24, 2.45) is 0 Å². The Bertz CT molecular complexity index is 538. The van der Waals surface area contributed by atoms with E-state index in [1.165, 1.54) is 12.1 Å². The lowest BCUT2D eigenvalue weighted by molar-refractivity contribution is -0.168. The minimum atomic E-state index is -4.07. The fourth-order valence-electron chi connectivity index (χ4n) is 1.52. The third-order valence-electron chi connectivity index (χ3n) is 2.84. The van der Waals surface area contributed by atoms with Gasteiger partial charge in [-0.3, -0.25) is 0 Å². The smallest absolute Gasteiger partial charge is 0.376 e. The quantitative estimate of drug-likeness (QED) is 0.877. The van der Waals surface area contributed by atoms with Gasteiger partial charge < -0.3 is 5.11 Å². The summed E-state index contributed by atoms with van der Waals surface area (Å²) >= 11 is 0. The Kier molecular flexibility index (Phi) is 5.22. The van der Waals surface area contributed by atoms with Gasteiger partial charge in [0.25, 0.3) is 0 Å². The number of carboxylic acids is 1. The molecule has 0 saturated carbocycles. The Labute approximate surface area is 125 Å². The third kappa shape index (κ3) is 4.31. The van der Waals surface area contributed by atoms with Gasteiger partial charge in [-0.15, -0.1) is 0 Å². The average Bonchev–Trinajstić information content (AvgIpc) is 2.35. The van der Waals surface area contributed by atoms with E-state index in [4.69, 9.17) is 5.11 Å². The molecule has 21 heavy (non-hydrogen) atoms. The van der Waals surface area contributed by atoms with Gasteiger partial charge in [-0.2, -0.15) is 8.78 Å². The van der Waals surface area contributed by atoms with Gasteiger partial charge in [0.05, 0.1) is 15.7 Å². The Morgan fingerprint density at radius 2 is 1.71 bits per heavy atom. The summed E-state index contributed by atoms with van der Waals surface area (Å²) in [6, 6.07) is 4.15. The van der Waals surface area contributed by atoms with Crippen LogP contribution in [0.25, 0.3) is 0 Å². The van der Waals surface area contributed by atoms with E-state index in [0.29, 0.717) is 0 Å². The van der Waals surface area contributed by atoms with Crippen molar-refractivity contribution in [3.8, 4) is 0 Å². The maximum atomic E-state index is 13.9. The fourth-order valence-corrected chi connectivity index (χ4v) is 2.37. The molecule has 0 radical (unpaired) electrons. The molecule has 0 aromatic heterocycles. The highest BCUT2D eigenvalue weighted by Crippen LogP contribution is 2.33. The molecule has 1 unspecified atom stereocenters. The maximum absolute atomic E-state index is 13.9. The second kappa shape index (κ2) is 6.19. The lowest BCUT2D eigenvalue weighted by atomic mass is 10.0. The first-order chi connectivity index (χ1) is 9.46. The van der Waals surface area contributed by atoms with E-state index in [9.17, 15) is 17.8 Å². The summed E-state index contributed by atoms with van der Waals surface area (Å²) in [6.07, 6.45) is 0. The molecule has 0 amide bonds. The Balaban J connectivity index is 3.21. The van der Waals surface area contributed by atoms with Crippen molar-refractivity contribution in [2.45, 2.75) is 44.4 Å². The molecule has 4 nitrogen and oxygen atoms in total. The summed E-state index contributed by atoms with van der Waals surface area (Å²) in [5.74, 6) is -6.33. The number of aliphatic carboxylic acids is 1. The fraction of sp³-hybridized carbons (Fsp3) is 0.500. The van der Waals surface area contributed by atoms with Crippen molar-refractivity contribution in [3.05, 3.63) is 35.4 Å². The van der Waals surface area contributed by atoms with Crippen LogP contribution < -0.4 is 4.72 Å². The summed E-state index contributed by atoms with van der Waals surface area (Å²) in [5, 5.41) is 8.75. The normalized spacial score (nSPS) is 15.5. The monoisotopic (exact) mass is 319 g/mol. The largest absolute Gasteiger partial charge is 0.477 e. The predicted molar refractivity (Wildman–Crippen MR) is 77.5 cm³/mol. The standard InChI is InChI=1S/C14H19F2NO3S/c1-9-5-7-10(8-6-9)11(14(15,16)12(18)19)17-21(20)13(2,3)4/h5-8,11,17H,1-4H3,(H,18,19)/t11-,21?/m0/s1. The Morgan fingerprint density at radius 1 is 1.24 bits per heavy atom. The van der Waals surface area contributed by atoms with E-state index in [0.717, 1.165) is 5.56 Å². The zero-order valence-electron chi connectivity index (χ0n) is 12.3. The number of carboxylic acid groups (broad SMARTS) is 1. The first kappa shape index (κ1) is 17.7. The van der Waals surface area contributed by atoms with Crippen LogP contribution in [0.1, 0.15) is 37.9 Å². The van der Waals surface area contributed by atoms with Crippen molar-refractivity contribution in [1.29, 1.82) is 0 Å². The number of halogens is 2. The zero-order chi connectivity index (χ0) is 16.4. The number of hydrogen-bond acceptors (Lipinski definition) is 2. The van der Waals surface area contributed by atoms with Crippen molar-refractivity contribution in [2.75, 3.05) is 0 Å². The lowest BCUT2D eigenvalue weighted by Crippen LogP contribution is -2.47. The van der Waals surface area contributed by atoms with Gasteiger partial charge in [-0.25, -0.2) is 13.7 Å².